The Morgan fingerprint density at radius 2 is 2.00 bits per heavy atom. The summed E-state index contributed by atoms with van der Waals surface area (Å²) in [6.07, 6.45) is 2.88. The molecule has 0 amide bonds. The van der Waals surface area contributed by atoms with Gasteiger partial charge in [-0.1, -0.05) is 35.3 Å². The van der Waals surface area contributed by atoms with Crippen molar-refractivity contribution in [2.45, 2.75) is 19.3 Å². The molecule has 0 spiro atoms. The third kappa shape index (κ3) is 3.77. The molecule has 6 nitrogen and oxygen atoms in total. The first-order valence-corrected chi connectivity index (χ1v) is 8.72. The molecule has 1 unspecified atom stereocenters. The van der Waals surface area contributed by atoms with E-state index in [1.165, 1.54) is 6.33 Å². The van der Waals surface area contributed by atoms with Crippen molar-refractivity contribution in [3.05, 3.63) is 70.2 Å². The van der Waals surface area contributed by atoms with E-state index >= 15 is 0 Å². The Morgan fingerprint density at radius 1 is 1.12 bits per heavy atom. The van der Waals surface area contributed by atoms with Crippen molar-refractivity contribution in [2.75, 3.05) is 6.79 Å². The van der Waals surface area contributed by atoms with Crippen LogP contribution in [0.3, 0.4) is 0 Å². The minimum Gasteiger partial charge on any atom is -0.454 e. The zero-order valence-electron chi connectivity index (χ0n) is 13.6. The zero-order chi connectivity index (χ0) is 17.9. The van der Waals surface area contributed by atoms with Crippen molar-refractivity contribution in [2.24, 2.45) is 0 Å². The number of hydrogen-bond donors (Lipinski definition) is 0. The van der Waals surface area contributed by atoms with Crippen molar-refractivity contribution in [3.63, 3.8) is 0 Å². The molecule has 2 aromatic carbocycles. The molecule has 0 fully saturated rings. The number of halogens is 2. The Morgan fingerprint density at radius 3 is 2.81 bits per heavy atom. The molecule has 0 saturated carbocycles. The van der Waals surface area contributed by atoms with E-state index in [0.29, 0.717) is 28.9 Å². The average molecular weight is 392 g/mol. The first-order chi connectivity index (χ1) is 12.7. The molecule has 134 valence electrons. The summed E-state index contributed by atoms with van der Waals surface area (Å²) in [5, 5.41) is 5.33. The molecule has 2 heterocycles. The van der Waals surface area contributed by atoms with E-state index in [1.807, 2.05) is 24.3 Å². The molecule has 1 aliphatic rings. The number of hydrogen-bond acceptors (Lipinski definition) is 5. The van der Waals surface area contributed by atoms with Gasteiger partial charge in [-0.25, -0.2) is 4.98 Å². The van der Waals surface area contributed by atoms with Crippen molar-refractivity contribution < 1.29 is 14.2 Å². The maximum Gasteiger partial charge on any atom is 0.231 e. The topological polar surface area (TPSA) is 58.4 Å². The van der Waals surface area contributed by atoms with Crippen LogP contribution in [0.4, 0.5) is 0 Å². The summed E-state index contributed by atoms with van der Waals surface area (Å²) in [6, 6.07) is 11.1. The van der Waals surface area contributed by atoms with E-state index in [0.717, 1.165) is 16.9 Å². The van der Waals surface area contributed by atoms with Crippen molar-refractivity contribution in [3.8, 4) is 11.5 Å². The standard InChI is InChI=1S/C18H15Cl2N3O3/c19-14-3-1-13(15(20)6-14)8-24-18(7-23-10-21-9-22-23)12-2-4-16-17(5-12)26-11-25-16/h1-6,9-10,18H,7-8,11H2. The average Bonchev–Trinajstić information content (AvgIpc) is 3.30. The van der Waals surface area contributed by atoms with Crippen LogP contribution < -0.4 is 9.47 Å². The van der Waals surface area contributed by atoms with Crippen LogP contribution in [0, 0.1) is 0 Å². The lowest BCUT2D eigenvalue weighted by molar-refractivity contribution is 0.0256. The smallest absolute Gasteiger partial charge is 0.231 e. The van der Waals surface area contributed by atoms with Gasteiger partial charge in [0.1, 0.15) is 18.8 Å². The van der Waals surface area contributed by atoms with E-state index in [2.05, 4.69) is 10.1 Å². The fourth-order valence-corrected chi connectivity index (χ4v) is 3.16. The first kappa shape index (κ1) is 17.1. The number of aromatic nitrogens is 3. The maximum atomic E-state index is 6.25. The van der Waals surface area contributed by atoms with Gasteiger partial charge in [-0.15, -0.1) is 0 Å². The van der Waals surface area contributed by atoms with Crippen molar-refractivity contribution >= 4 is 23.2 Å². The van der Waals surface area contributed by atoms with Gasteiger partial charge in [0, 0.05) is 10.0 Å². The van der Waals surface area contributed by atoms with Crippen LogP contribution in [0.2, 0.25) is 10.0 Å². The lowest BCUT2D eigenvalue weighted by atomic mass is 10.1. The molecule has 8 heteroatoms. The van der Waals surface area contributed by atoms with Crippen LogP contribution in [0.25, 0.3) is 0 Å². The van der Waals surface area contributed by atoms with Crippen LogP contribution in [0.15, 0.2) is 49.1 Å². The SMILES string of the molecule is Clc1ccc(COC(Cn2cncn2)c2ccc3c(c2)OCO3)c(Cl)c1. The quantitative estimate of drug-likeness (QED) is 0.627. The normalized spacial score (nSPS) is 13.8. The molecule has 0 bridgehead atoms. The van der Waals surface area contributed by atoms with Gasteiger partial charge >= 0.3 is 0 Å². The van der Waals surface area contributed by atoms with Gasteiger partial charge in [0.2, 0.25) is 6.79 Å². The van der Waals surface area contributed by atoms with E-state index in [-0.39, 0.29) is 12.9 Å². The molecule has 0 radical (unpaired) electrons. The van der Waals surface area contributed by atoms with Gasteiger partial charge in [-0.3, -0.25) is 4.68 Å². The molecule has 1 atom stereocenters. The van der Waals surface area contributed by atoms with Crippen molar-refractivity contribution in [1.82, 2.24) is 14.8 Å². The summed E-state index contributed by atoms with van der Waals surface area (Å²) in [7, 11) is 0. The zero-order valence-corrected chi connectivity index (χ0v) is 15.2. The van der Waals surface area contributed by atoms with Gasteiger partial charge in [0.15, 0.2) is 11.5 Å². The molecule has 0 aliphatic carbocycles. The molecular weight excluding hydrogens is 377 g/mol. The molecule has 1 aliphatic heterocycles. The van der Waals surface area contributed by atoms with Gasteiger partial charge in [0.25, 0.3) is 0 Å². The Bertz CT molecular complexity index is 903. The van der Waals surface area contributed by atoms with E-state index in [1.54, 1.807) is 23.1 Å². The third-order valence-corrected chi connectivity index (χ3v) is 4.63. The maximum absolute atomic E-state index is 6.25. The summed E-state index contributed by atoms with van der Waals surface area (Å²) in [5.74, 6) is 1.44. The van der Waals surface area contributed by atoms with E-state index < -0.39 is 0 Å². The lowest BCUT2D eigenvalue weighted by Crippen LogP contribution is -2.13. The van der Waals surface area contributed by atoms with Gasteiger partial charge in [0.05, 0.1) is 13.2 Å². The highest BCUT2D eigenvalue weighted by atomic mass is 35.5. The lowest BCUT2D eigenvalue weighted by Gasteiger charge is -2.19. The number of fused-ring (bicyclic) bond motifs is 1. The third-order valence-electron chi connectivity index (χ3n) is 4.04. The summed E-state index contributed by atoms with van der Waals surface area (Å²) in [5.41, 5.74) is 1.82. The molecule has 0 N–H and O–H groups in total. The van der Waals surface area contributed by atoms with Crippen LogP contribution in [0.5, 0.6) is 11.5 Å². The van der Waals surface area contributed by atoms with Crippen LogP contribution >= 0.6 is 23.2 Å². The number of benzene rings is 2. The van der Waals surface area contributed by atoms with Crippen LogP contribution in [0.1, 0.15) is 17.2 Å². The summed E-state index contributed by atoms with van der Waals surface area (Å²) >= 11 is 12.2. The van der Waals surface area contributed by atoms with Crippen LogP contribution in [-0.4, -0.2) is 21.6 Å². The minimum absolute atomic E-state index is 0.230. The number of ether oxygens (including phenoxy) is 3. The highest BCUT2D eigenvalue weighted by Gasteiger charge is 2.20. The first-order valence-electron chi connectivity index (χ1n) is 7.96. The highest BCUT2D eigenvalue weighted by Crippen LogP contribution is 2.35. The number of rotatable bonds is 6. The molecular formula is C18H15Cl2N3O3. The Balaban J connectivity index is 1.56. The van der Waals surface area contributed by atoms with Crippen molar-refractivity contribution in [1.29, 1.82) is 0 Å². The molecule has 4 rings (SSSR count). The Labute approximate surface area is 160 Å². The van der Waals surface area contributed by atoms with E-state index in [4.69, 9.17) is 37.4 Å². The molecule has 26 heavy (non-hydrogen) atoms. The fourth-order valence-electron chi connectivity index (χ4n) is 2.69. The van der Waals surface area contributed by atoms with Gasteiger partial charge in [-0.05, 0) is 35.4 Å². The fraction of sp³-hybridized carbons (Fsp3) is 0.222. The number of nitrogens with zero attached hydrogens (tertiary/aromatic N) is 3. The highest BCUT2D eigenvalue weighted by molar-refractivity contribution is 6.35. The summed E-state index contributed by atoms with van der Waals surface area (Å²) in [6.45, 7) is 1.07. The minimum atomic E-state index is -0.266. The second kappa shape index (κ2) is 7.53. The predicted octanol–water partition coefficient (Wildman–Crippen LogP) is 4.27. The summed E-state index contributed by atoms with van der Waals surface area (Å²) in [4.78, 5) is 3.98. The second-order valence-electron chi connectivity index (χ2n) is 5.77. The molecule has 3 aromatic rings. The van der Waals surface area contributed by atoms with Gasteiger partial charge in [-0.2, -0.15) is 5.10 Å². The van der Waals surface area contributed by atoms with E-state index in [9.17, 15) is 0 Å². The monoisotopic (exact) mass is 391 g/mol. The Kier molecular flexibility index (Phi) is 4.97. The predicted molar refractivity (Wildman–Crippen MR) is 96.6 cm³/mol. The summed E-state index contributed by atoms with van der Waals surface area (Å²) < 4.78 is 18.7. The second-order valence-corrected chi connectivity index (χ2v) is 6.61. The molecule has 0 saturated heterocycles. The Hall–Kier alpha value is -2.28. The largest absolute Gasteiger partial charge is 0.454 e. The van der Waals surface area contributed by atoms with Crippen LogP contribution in [-0.2, 0) is 17.9 Å². The molecule has 1 aromatic heterocycles. The van der Waals surface area contributed by atoms with Gasteiger partial charge < -0.3 is 14.2 Å².